The van der Waals surface area contributed by atoms with Crippen molar-refractivity contribution >= 4 is 5.82 Å². The van der Waals surface area contributed by atoms with Gasteiger partial charge in [0.25, 0.3) is 0 Å². The molecule has 0 unspecified atom stereocenters. The molecule has 0 atom stereocenters. The average molecular weight is 221 g/mol. The summed E-state index contributed by atoms with van der Waals surface area (Å²) in [6.45, 7) is 5.41. The van der Waals surface area contributed by atoms with E-state index in [0.29, 0.717) is 5.92 Å². The summed E-state index contributed by atoms with van der Waals surface area (Å²) in [4.78, 5) is 4.74. The van der Waals surface area contributed by atoms with Crippen LogP contribution in [-0.2, 0) is 13.0 Å². The highest BCUT2D eigenvalue weighted by molar-refractivity contribution is 5.41. The Morgan fingerprint density at radius 2 is 2.12 bits per heavy atom. The lowest BCUT2D eigenvalue weighted by molar-refractivity contribution is 0.413. The molecule has 1 aromatic rings. The van der Waals surface area contributed by atoms with E-state index in [-0.39, 0.29) is 0 Å². The Labute approximate surface area is 98.1 Å². The van der Waals surface area contributed by atoms with Crippen LogP contribution in [0.2, 0.25) is 0 Å². The minimum atomic E-state index is 0.646. The summed E-state index contributed by atoms with van der Waals surface area (Å²) in [5.41, 5.74) is 7.41. The first-order valence-electron chi connectivity index (χ1n) is 6.62. The third-order valence-corrected chi connectivity index (χ3v) is 3.66. The molecule has 16 heavy (non-hydrogen) atoms. The lowest BCUT2D eigenvalue weighted by Crippen LogP contribution is -2.12. The van der Waals surface area contributed by atoms with Crippen molar-refractivity contribution < 1.29 is 0 Å². The molecule has 0 aliphatic heterocycles. The van der Waals surface area contributed by atoms with E-state index in [1.54, 1.807) is 0 Å². The van der Waals surface area contributed by atoms with Crippen molar-refractivity contribution in [3.05, 3.63) is 11.5 Å². The highest BCUT2D eigenvalue weighted by Crippen LogP contribution is 2.38. The van der Waals surface area contributed by atoms with Crippen molar-refractivity contribution in [3.63, 3.8) is 0 Å². The van der Waals surface area contributed by atoms with E-state index < -0.39 is 0 Å². The summed E-state index contributed by atoms with van der Waals surface area (Å²) >= 11 is 0. The van der Waals surface area contributed by atoms with Crippen molar-refractivity contribution in [2.24, 2.45) is 0 Å². The molecule has 0 amide bonds. The fourth-order valence-electron chi connectivity index (χ4n) is 2.35. The summed E-state index contributed by atoms with van der Waals surface area (Å²) in [5.74, 6) is 2.76. The number of hydrogen-bond donors (Lipinski definition) is 1. The molecule has 1 aliphatic carbocycles. The maximum absolute atomic E-state index is 6.23. The number of aryl methyl sites for hydroxylation is 1. The van der Waals surface area contributed by atoms with Gasteiger partial charge in [0.15, 0.2) is 0 Å². The minimum absolute atomic E-state index is 0.646. The number of imidazole rings is 1. The molecule has 3 nitrogen and oxygen atoms in total. The topological polar surface area (TPSA) is 43.8 Å². The minimum Gasteiger partial charge on any atom is -0.384 e. The zero-order chi connectivity index (χ0) is 11.5. The maximum atomic E-state index is 6.23. The molecule has 0 radical (unpaired) electrons. The second kappa shape index (κ2) is 4.89. The lowest BCUT2D eigenvalue weighted by atomic mass is 9.83. The van der Waals surface area contributed by atoms with Gasteiger partial charge >= 0.3 is 0 Å². The summed E-state index contributed by atoms with van der Waals surface area (Å²) in [6, 6.07) is 0. The Bertz CT molecular complexity index is 350. The smallest absolute Gasteiger partial charge is 0.127 e. The quantitative estimate of drug-likeness (QED) is 0.830. The fraction of sp³-hybridized carbons (Fsp3) is 0.769. The van der Waals surface area contributed by atoms with Crippen LogP contribution in [0.25, 0.3) is 0 Å². The molecule has 0 spiro atoms. The zero-order valence-corrected chi connectivity index (χ0v) is 10.5. The Kier molecular flexibility index (Phi) is 3.52. The van der Waals surface area contributed by atoms with E-state index >= 15 is 0 Å². The van der Waals surface area contributed by atoms with Crippen LogP contribution in [0.15, 0.2) is 0 Å². The van der Waals surface area contributed by atoms with Crippen LogP contribution in [-0.4, -0.2) is 9.55 Å². The number of anilines is 1. The second-order valence-electron chi connectivity index (χ2n) is 4.79. The first-order valence-corrected chi connectivity index (χ1v) is 6.62. The molecule has 0 bridgehead atoms. The largest absolute Gasteiger partial charge is 0.384 e. The Balaban J connectivity index is 2.22. The van der Waals surface area contributed by atoms with Crippen LogP contribution >= 0.6 is 0 Å². The van der Waals surface area contributed by atoms with Crippen LogP contribution in [0.1, 0.15) is 63.4 Å². The van der Waals surface area contributed by atoms with E-state index in [1.165, 1.54) is 43.6 Å². The van der Waals surface area contributed by atoms with Crippen molar-refractivity contribution in [2.45, 2.75) is 64.8 Å². The lowest BCUT2D eigenvalue weighted by Gasteiger charge is -2.24. The van der Waals surface area contributed by atoms with Crippen molar-refractivity contribution in [1.82, 2.24) is 9.55 Å². The van der Waals surface area contributed by atoms with E-state index in [9.17, 15) is 0 Å². The summed E-state index contributed by atoms with van der Waals surface area (Å²) in [7, 11) is 0. The second-order valence-corrected chi connectivity index (χ2v) is 4.79. The molecule has 1 heterocycles. The van der Waals surface area contributed by atoms with Crippen LogP contribution in [0.4, 0.5) is 5.82 Å². The van der Waals surface area contributed by atoms with Gasteiger partial charge in [0, 0.05) is 18.9 Å². The number of nitrogens with two attached hydrogens (primary N) is 1. The third-order valence-electron chi connectivity index (χ3n) is 3.66. The van der Waals surface area contributed by atoms with E-state index in [0.717, 1.165) is 18.8 Å². The summed E-state index contributed by atoms with van der Waals surface area (Å²) < 4.78 is 2.23. The molecule has 3 heteroatoms. The molecular formula is C13H23N3. The predicted molar refractivity (Wildman–Crippen MR) is 67.5 cm³/mol. The normalized spacial score (nSPS) is 16.4. The number of nitrogen functional groups attached to an aromatic ring is 1. The van der Waals surface area contributed by atoms with Gasteiger partial charge in [0.1, 0.15) is 11.6 Å². The van der Waals surface area contributed by atoms with Crippen LogP contribution < -0.4 is 5.73 Å². The first-order chi connectivity index (χ1) is 7.77. The van der Waals surface area contributed by atoms with E-state index in [2.05, 4.69) is 18.4 Å². The van der Waals surface area contributed by atoms with Crippen LogP contribution in [0.5, 0.6) is 0 Å². The third kappa shape index (κ3) is 1.95. The van der Waals surface area contributed by atoms with Crippen LogP contribution in [0, 0.1) is 0 Å². The highest BCUT2D eigenvalue weighted by atomic mass is 15.1. The number of hydrogen-bond acceptors (Lipinski definition) is 2. The van der Waals surface area contributed by atoms with Gasteiger partial charge in [-0.3, -0.25) is 0 Å². The Hall–Kier alpha value is -0.990. The van der Waals surface area contributed by atoms with Crippen molar-refractivity contribution in [2.75, 3.05) is 5.73 Å². The van der Waals surface area contributed by atoms with Gasteiger partial charge in [0.05, 0.1) is 5.69 Å². The number of aromatic nitrogens is 2. The molecule has 1 fully saturated rings. The van der Waals surface area contributed by atoms with Crippen molar-refractivity contribution in [1.29, 1.82) is 0 Å². The molecule has 1 aliphatic rings. The molecule has 0 saturated heterocycles. The highest BCUT2D eigenvalue weighted by Gasteiger charge is 2.26. The molecule has 2 rings (SSSR count). The van der Waals surface area contributed by atoms with Gasteiger partial charge in [-0.1, -0.05) is 26.7 Å². The number of rotatable bonds is 5. The fourth-order valence-corrected chi connectivity index (χ4v) is 2.35. The van der Waals surface area contributed by atoms with Gasteiger partial charge in [-0.25, -0.2) is 4.98 Å². The number of unbranched alkanes of at least 4 members (excludes halogenated alkanes) is 1. The van der Waals surface area contributed by atoms with Gasteiger partial charge < -0.3 is 10.3 Å². The van der Waals surface area contributed by atoms with Gasteiger partial charge in [0.2, 0.25) is 0 Å². The van der Waals surface area contributed by atoms with E-state index in [4.69, 9.17) is 10.7 Å². The van der Waals surface area contributed by atoms with Crippen molar-refractivity contribution in [3.8, 4) is 0 Å². The molecule has 1 saturated carbocycles. The standard InChI is InChI=1S/C13H23N3/c1-3-5-9-16-11(4-2)15-12(13(16)14)10-7-6-8-10/h10H,3-9,14H2,1-2H3. The summed E-state index contributed by atoms with van der Waals surface area (Å²) in [5, 5.41) is 0. The van der Waals surface area contributed by atoms with Crippen LogP contribution in [0.3, 0.4) is 0 Å². The Morgan fingerprint density at radius 1 is 1.38 bits per heavy atom. The summed E-state index contributed by atoms with van der Waals surface area (Å²) in [6.07, 6.45) is 7.28. The maximum Gasteiger partial charge on any atom is 0.127 e. The molecular weight excluding hydrogens is 198 g/mol. The first kappa shape index (κ1) is 11.5. The number of nitrogens with zero attached hydrogens (tertiary/aromatic N) is 2. The molecule has 1 aromatic heterocycles. The SMILES string of the molecule is CCCCn1c(CC)nc(C2CCC2)c1N. The predicted octanol–water partition coefficient (Wildman–Crippen LogP) is 3.10. The monoisotopic (exact) mass is 221 g/mol. The van der Waals surface area contributed by atoms with Gasteiger partial charge in [-0.15, -0.1) is 0 Å². The average Bonchev–Trinajstić information content (AvgIpc) is 2.51. The van der Waals surface area contributed by atoms with Gasteiger partial charge in [-0.05, 0) is 19.3 Å². The molecule has 2 N–H and O–H groups in total. The zero-order valence-electron chi connectivity index (χ0n) is 10.5. The van der Waals surface area contributed by atoms with E-state index in [1.807, 2.05) is 0 Å². The van der Waals surface area contributed by atoms with Gasteiger partial charge in [-0.2, -0.15) is 0 Å². The molecule has 90 valence electrons. The molecule has 0 aromatic carbocycles. The Morgan fingerprint density at radius 3 is 2.62 bits per heavy atom.